The fraction of sp³-hybridized carbons (Fsp3) is 0.812. The molecule has 3 heteroatoms. The van der Waals surface area contributed by atoms with Crippen LogP contribution in [0.2, 0.25) is 0 Å². The lowest BCUT2D eigenvalue weighted by molar-refractivity contribution is 0.0856. The van der Waals surface area contributed by atoms with Gasteiger partial charge in [0.2, 0.25) is 0 Å². The molecule has 108 valence electrons. The Balaban J connectivity index is 2.54. The molecule has 0 atom stereocenters. The van der Waals surface area contributed by atoms with Gasteiger partial charge in [-0.05, 0) is 26.7 Å². The first-order valence-electron chi connectivity index (χ1n) is 7.35. The Morgan fingerprint density at radius 2 is 1.79 bits per heavy atom. The van der Waals surface area contributed by atoms with Crippen molar-refractivity contribution in [3.63, 3.8) is 0 Å². The second-order valence-corrected chi connectivity index (χ2v) is 7.90. The summed E-state index contributed by atoms with van der Waals surface area (Å²) in [5.41, 5.74) is 4.50. The highest BCUT2D eigenvalue weighted by molar-refractivity contribution is 5.36. The lowest BCUT2D eigenvalue weighted by Gasteiger charge is -2.44. The average Bonchev–Trinajstić information content (AvgIpc) is 2.53. The second kappa shape index (κ2) is 4.34. The molecular weight excluding hydrogens is 234 g/mol. The van der Waals surface area contributed by atoms with E-state index >= 15 is 0 Å². The summed E-state index contributed by atoms with van der Waals surface area (Å²) in [5.74, 6) is 0.525. The highest BCUT2D eigenvalue weighted by Crippen LogP contribution is 2.38. The molecule has 2 heterocycles. The van der Waals surface area contributed by atoms with E-state index in [-0.39, 0.29) is 11.0 Å². The summed E-state index contributed by atoms with van der Waals surface area (Å²) >= 11 is 0. The van der Waals surface area contributed by atoms with Crippen molar-refractivity contribution in [2.24, 2.45) is 7.05 Å². The molecule has 0 N–H and O–H groups in total. The highest BCUT2D eigenvalue weighted by atomic mass is 15.3. The Morgan fingerprint density at radius 1 is 1.21 bits per heavy atom. The Hall–Kier alpha value is -0.830. The first-order valence-corrected chi connectivity index (χ1v) is 7.35. The zero-order valence-corrected chi connectivity index (χ0v) is 13.8. The summed E-state index contributed by atoms with van der Waals surface area (Å²) in [6, 6.07) is 0. The van der Waals surface area contributed by atoms with Crippen molar-refractivity contribution < 1.29 is 0 Å². The van der Waals surface area contributed by atoms with E-state index in [2.05, 4.69) is 65.1 Å². The van der Waals surface area contributed by atoms with Gasteiger partial charge in [-0.1, -0.05) is 27.7 Å². The van der Waals surface area contributed by atoms with Gasteiger partial charge < -0.3 is 0 Å². The van der Waals surface area contributed by atoms with Crippen LogP contribution in [-0.2, 0) is 19.0 Å². The zero-order valence-electron chi connectivity index (χ0n) is 13.8. The molecule has 0 unspecified atom stereocenters. The van der Waals surface area contributed by atoms with Crippen LogP contribution in [0.3, 0.4) is 0 Å². The molecule has 0 aromatic carbocycles. The summed E-state index contributed by atoms with van der Waals surface area (Å²) < 4.78 is 2.10. The van der Waals surface area contributed by atoms with Crippen LogP contribution in [-0.4, -0.2) is 26.8 Å². The van der Waals surface area contributed by atoms with Crippen LogP contribution >= 0.6 is 0 Å². The molecule has 0 spiro atoms. The van der Waals surface area contributed by atoms with E-state index in [0.29, 0.717) is 5.92 Å². The van der Waals surface area contributed by atoms with Crippen LogP contribution in [0.5, 0.6) is 0 Å². The third kappa shape index (κ3) is 2.45. The van der Waals surface area contributed by atoms with Crippen molar-refractivity contribution in [1.29, 1.82) is 0 Å². The van der Waals surface area contributed by atoms with Gasteiger partial charge in [0.05, 0.1) is 5.69 Å². The van der Waals surface area contributed by atoms with Gasteiger partial charge >= 0.3 is 0 Å². The number of rotatable bonds is 1. The van der Waals surface area contributed by atoms with Gasteiger partial charge in [-0.2, -0.15) is 5.10 Å². The molecule has 0 radical (unpaired) electrons. The van der Waals surface area contributed by atoms with Crippen LogP contribution < -0.4 is 0 Å². The van der Waals surface area contributed by atoms with Crippen LogP contribution in [0.1, 0.15) is 71.3 Å². The molecule has 19 heavy (non-hydrogen) atoms. The smallest absolute Gasteiger partial charge is 0.0741 e. The van der Waals surface area contributed by atoms with Gasteiger partial charge in [0.25, 0.3) is 0 Å². The summed E-state index contributed by atoms with van der Waals surface area (Å²) in [6.07, 6.45) is 0. The predicted molar refractivity (Wildman–Crippen MR) is 80.5 cm³/mol. The van der Waals surface area contributed by atoms with E-state index in [4.69, 9.17) is 5.10 Å². The maximum Gasteiger partial charge on any atom is 0.0741 e. The van der Waals surface area contributed by atoms with Gasteiger partial charge in [-0.3, -0.25) is 9.58 Å². The van der Waals surface area contributed by atoms with Gasteiger partial charge in [0, 0.05) is 42.3 Å². The van der Waals surface area contributed by atoms with Crippen LogP contribution in [0.25, 0.3) is 0 Å². The third-order valence-electron chi connectivity index (χ3n) is 4.27. The minimum absolute atomic E-state index is 0.131. The fourth-order valence-electron chi connectivity index (χ4n) is 3.28. The summed E-state index contributed by atoms with van der Waals surface area (Å²) in [7, 11) is 2.09. The van der Waals surface area contributed by atoms with Crippen molar-refractivity contribution in [3.8, 4) is 0 Å². The molecule has 1 aliphatic rings. The third-order valence-corrected chi connectivity index (χ3v) is 4.27. The first kappa shape index (κ1) is 14.6. The van der Waals surface area contributed by atoms with E-state index in [0.717, 1.165) is 13.1 Å². The Bertz CT molecular complexity index is 475. The van der Waals surface area contributed by atoms with Crippen molar-refractivity contribution in [1.82, 2.24) is 14.7 Å². The maximum absolute atomic E-state index is 4.83. The van der Waals surface area contributed by atoms with Crippen molar-refractivity contribution in [2.45, 2.75) is 71.9 Å². The van der Waals surface area contributed by atoms with Gasteiger partial charge in [-0.15, -0.1) is 0 Å². The number of hydrogen-bond acceptors (Lipinski definition) is 2. The highest BCUT2D eigenvalue weighted by Gasteiger charge is 2.40. The molecule has 1 aliphatic heterocycles. The SMILES string of the molecule is CC(C)c1c2c(nn1C)C(C)(C)CN(C(C)(C)C)C2. The molecule has 0 amide bonds. The molecule has 2 rings (SSSR count). The molecule has 0 fully saturated rings. The maximum atomic E-state index is 4.83. The van der Waals surface area contributed by atoms with Crippen molar-refractivity contribution in [3.05, 3.63) is 17.0 Å². The van der Waals surface area contributed by atoms with Crippen molar-refractivity contribution >= 4 is 0 Å². The fourth-order valence-corrected chi connectivity index (χ4v) is 3.28. The molecule has 0 bridgehead atoms. The minimum atomic E-state index is 0.131. The van der Waals surface area contributed by atoms with E-state index in [1.807, 2.05) is 0 Å². The lowest BCUT2D eigenvalue weighted by Crippen LogP contribution is -2.50. The van der Waals surface area contributed by atoms with Crippen LogP contribution in [0, 0.1) is 0 Å². The Morgan fingerprint density at radius 3 is 2.26 bits per heavy atom. The molecule has 0 aliphatic carbocycles. The molecule has 1 aromatic rings. The van der Waals surface area contributed by atoms with Crippen LogP contribution in [0.15, 0.2) is 0 Å². The number of nitrogens with zero attached hydrogens (tertiary/aromatic N) is 3. The molecule has 0 saturated carbocycles. The number of fused-ring (bicyclic) bond motifs is 1. The monoisotopic (exact) mass is 263 g/mol. The number of aromatic nitrogens is 2. The molecular formula is C16H29N3. The minimum Gasteiger partial charge on any atom is -0.293 e. The largest absolute Gasteiger partial charge is 0.293 e. The summed E-state index contributed by atoms with van der Waals surface area (Å²) in [4.78, 5) is 2.59. The van der Waals surface area contributed by atoms with E-state index in [1.54, 1.807) is 0 Å². The van der Waals surface area contributed by atoms with E-state index in [9.17, 15) is 0 Å². The molecule has 0 saturated heterocycles. The molecule has 1 aromatic heterocycles. The normalized spacial score (nSPS) is 19.8. The zero-order chi connectivity index (χ0) is 14.6. The van der Waals surface area contributed by atoms with E-state index in [1.165, 1.54) is 17.0 Å². The standard InChI is InChI=1S/C16H29N3/c1-11(2)13-12-9-19(15(3,4)5)10-16(6,7)14(12)17-18(13)8/h11H,9-10H2,1-8H3. The number of aryl methyl sites for hydroxylation is 1. The van der Waals surface area contributed by atoms with Gasteiger partial charge in [0.15, 0.2) is 0 Å². The van der Waals surface area contributed by atoms with E-state index < -0.39 is 0 Å². The Kier molecular flexibility index (Phi) is 3.33. The summed E-state index contributed by atoms with van der Waals surface area (Å²) in [5, 5.41) is 4.83. The lowest BCUT2D eigenvalue weighted by atomic mass is 9.80. The number of hydrogen-bond donors (Lipinski definition) is 0. The Labute approximate surface area is 118 Å². The van der Waals surface area contributed by atoms with Gasteiger partial charge in [-0.25, -0.2) is 0 Å². The predicted octanol–water partition coefficient (Wildman–Crippen LogP) is 3.44. The first-order chi connectivity index (χ1) is 8.54. The van der Waals surface area contributed by atoms with Crippen molar-refractivity contribution in [2.75, 3.05) is 6.54 Å². The summed E-state index contributed by atoms with van der Waals surface area (Å²) in [6.45, 7) is 18.2. The second-order valence-electron chi connectivity index (χ2n) is 7.90. The molecule has 3 nitrogen and oxygen atoms in total. The topological polar surface area (TPSA) is 21.1 Å². The van der Waals surface area contributed by atoms with Gasteiger partial charge in [0.1, 0.15) is 0 Å². The van der Waals surface area contributed by atoms with Crippen LogP contribution in [0.4, 0.5) is 0 Å². The quantitative estimate of drug-likeness (QED) is 0.774. The average molecular weight is 263 g/mol.